The molecule has 0 saturated carbocycles. The number of hydrogen-bond donors (Lipinski definition) is 2. The third-order valence-corrected chi connectivity index (χ3v) is 3.93. The zero-order valence-electron chi connectivity index (χ0n) is 13.7. The highest BCUT2D eigenvalue weighted by molar-refractivity contribution is 5.88. The number of ether oxygens (including phenoxy) is 1. The van der Waals surface area contributed by atoms with E-state index in [1.807, 2.05) is 0 Å². The lowest BCUT2D eigenvalue weighted by atomic mass is 10.2. The summed E-state index contributed by atoms with van der Waals surface area (Å²) in [6, 6.07) is 4.78. The van der Waals surface area contributed by atoms with Gasteiger partial charge in [-0.15, -0.1) is 0 Å². The molecule has 1 aliphatic rings. The van der Waals surface area contributed by atoms with Gasteiger partial charge >= 0.3 is 5.97 Å². The van der Waals surface area contributed by atoms with Crippen molar-refractivity contribution in [1.82, 2.24) is 10.2 Å². The van der Waals surface area contributed by atoms with Gasteiger partial charge in [-0.05, 0) is 43.5 Å². The monoisotopic (exact) mass is 352 g/mol. The van der Waals surface area contributed by atoms with Crippen molar-refractivity contribution in [3.8, 4) is 5.75 Å². The predicted octanol–water partition coefficient (Wildman–Crippen LogP) is 1.18. The minimum atomic E-state index is -1.02. The van der Waals surface area contributed by atoms with Gasteiger partial charge in [0, 0.05) is 13.0 Å². The molecule has 0 aliphatic carbocycles. The van der Waals surface area contributed by atoms with E-state index in [0.29, 0.717) is 38.2 Å². The molecule has 136 valence electrons. The van der Waals surface area contributed by atoms with E-state index in [1.54, 1.807) is 0 Å². The number of halogens is 1. The topological polar surface area (TPSA) is 95.9 Å². The summed E-state index contributed by atoms with van der Waals surface area (Å²) in [5.74, 6) is -1.54. The molecule has 2 rings (SSSR count). The lowest BCUT2D eigenvalue weighted by molar-refractivity contribution is -0.148. The van der Waals surface area contributed by atoms with Gasteiger partial charge in [-0.3, -0.25) is 9.59 Å². The highest BCUT2D eigenvalue weighted by Crippen LogP contribution is 2.17. The van der Waals surface area contributed by atoms with Crippen LogP contribution in [0.25, 0.3) is 0 Å². The molecule has 1 saturated heterocycles. The first-order chi connectivity index (χ1) is 12.0. The molecule has 1 atom stereocenters. The number of hydrogen-bond acceptors (Lipinski definition) is 4. The summed E-state index contributed by atoms with van der Waals surface area (Å²) >= 11 is 0. The van der Waals surface area contributed by atoms with Gasteiger partial charge in [0.1, 0.15) is 17.6 Å². The smallest absolute Gasteiger partial charge is 0.326 e. The Balaban J connectivity index is 1.62. The fourth-order valence-electron chi connectivity index (χ4n) is 2.64. The molecular weight excluding hydrogens is 331 g/mol. The zero-order chi connectivity index (χ0) is 18.2. The average Bonchev–Trinajstić information content (AvgIpc) is 3.08. The van der Waals surface area contributed by atoms with Gasteiger partial charge in [0.05, 0.1) is 13.2 Å². The van der Waals surface area contributed by atoms with E-state index in [4.69, 9.17) is 9.84 Å². The van der Waals surface area contributed by atoms with Crippen molar-refractivity contribution in [3.63, 3.8) is 0 Å². The molecule has 1 aromatic rings. The van der Waals surface area contributed by atoms with Crippen LogP contribution in [0.3, 0.4) is 0 Å². The Labute approximate surface area is 144 Å². The third kappa shape index (κ3) is 5.74. The number of rotatable bonds is 8. The van der Waals surface area contributed by atoms with Gasteiger partial charge in [0.2, 0.25) is 11.8 Å². The van der Waals surface area contributed by atoms with Gasteiger partial charge in [0.15, 0.2) is 0 Å². The summed E-state index contributed by atoms with van der Waals surface area (Å²) in [7, 11) is 0. The van der Waals surface area contributed by atoms with E-state index in [9.17, 15) is 18.8 Å². The molecule has 1 aliphatic heterocycles. The number of carbonyl (C=O) groups is 3. The van der Waals surface area contributed by atoms with Crippen LogP contribution >= 0.6 is 0 Å². The van der Waals surface area contributed by atoms with E-state index >= 15 is 0 Å². The number of carboxylic acids is 1. The van der Waals surface area contributed by atoms with Crippen molar-refractivity contribution in [1.29, 1.82) is 0 Å². The number of carboxylic acid groups (broad SMARTS) is 1. The molecule has 8 heteroatoms. The summed E-state index contributed by atoms with van der Waals surface area (Å²) < 4.78 is 18.1. The first-order valence-electron chi connectivity index (χ1n) is 8.14. The van der Waals surface area contributed by atoms with Crippen LogP contribution in [0.1, 0.15) is 25.7 Å². The summed E-state index contributed by atoms with van der Waals surface area (Å²) in [6.45, 7) is 0.485. The van der Waals surface area contributed by atoms with Crippen molar-refractivity contribution < 1.29 is 28.6 Å². The van der Waals surface area contributed by atoms with Crippen LogP contribution in [0.4, 0.5) is 4.39 Å². The molecule has 0 bridgehead atoms. The quantitative estimate of drug-likeness (QED) is 0.685. The summed E-state index contributed by atoms with van der Waals surface area (Å²) in [6.07, 6.45) is 1.71. The summed E-state index contributed by atoms with van der Waals surface area (Å²) in [4.78, 5) is 36.1. The Kier molecular flexibility index (Phi) is 6.73. The lowest BCUT2D eigenvalue weighted by Crippen LogP contribution is -2.45. The van der Waals surface area contributed by atoms with E-state index in [-0.39, 0.29) is 30.6 Å². The van der Waals surface area contributed by atoms with Crippen LogP contribution in [0.2, 0.25) is 0 Å². The Morgan fingerprint density at radius 1 is 1.28 bits per heavy atom. The van der Waals surface area contributed by atoms with Crippen molar-refractivity contribution in [2.45, 2.75) is 31.7 Å². The Morgan fingerprint density at radius 3 is 2.68 bits per heavy atom. The number of aliphatic carboxylic acids is 1. The normalized spacial score (nSPS) is 16.5. The van der Waals surface area contributed by atoms with Crippen molar-refractivity contribution in [2.24, 2.45) is 0 Å². The molecule has 1 heterocycles. The molecule has 0 spiro atoms. The van der Waals surface area contributed by atoms with Crippen molar-refractivity contribution >= 4 is 17.8 Å². The number of amides is 2. The molecule has 1 aromatic carbocycles. The molecular formula is C17H21FN2O5. The Bertz CT molecular complexity index is 620. The molecule has 25 heavy (non-hydrogen) atoms. The van der Waals surface area contributed by atoms with E-state index in [2.05, 4.69) is 5.32 Å². The van der Waals surface area contributed by atoms with Gasteiger partial charge in [-0.25, -0.2) is 9.18 Å². The SMILES string of the molecule is O=C(CCCOc1ccc(F)cc1)NCC(=O)N1CCC[C@H]1C(=O)O. The van der Waals surface area contributed by atoms with Gasteiger partial charge in [0.25, 0.3) is 0 Å². The van der Waals surface area contributed by atoms with Gasteiger partial charge in [-0.2, -0.15) is 0 Å². The maximum atomic E-state index is 12.7. The second-order valence-electron chi connectivity index (χ2n) is 5.77. The summed E-state index contributed by atoms with van der Waals surface area (Å²) in [5.41, 5.74) is 0. The average molecular weight is 352 g/mol. The minimum Gasteiger partial charge on any atom is -0.494 e. The van der Waals surface area contributed by atoms with Crippen LogP contribution in [-0.2, 0) is 14.4 Å². The predicted molar refractivity (Wildman–Crippen MR) is 86.5 cm³/mol. The number of benzene rings is 1. The first-order valence-corrected chi connectivity index (χ1v) is 8.14. The van der Waals surface area contributed by atoms with Crippen LogP contribution in [0.15, 0.2) is 24.3 Å². The second-order valence-corrected chi connectivity index (χ2v) is 5.77. The molecule has 2 N–H and O–H groups in total. The summed E-state index contributed by atoms with van der Waals surface area (Å²) in [5, 5.41) is 11.5. The number of nitrogens with one attached hydrogen (secondary N) is 1. The largest absolute Gasteiger partial charge is 0.494 e. The maximum absolute atomic E-state index is 12.7. The Morgan fingerprint density at radius 2 is 2.00 bits per heavy atom. The van der Waals surface area contributed by atoms with Crippen LogP contribution in [-0.4, -0.2) is 53.5 Å². The maximum Gasteiger partial charge on any atom is 0.326 e. The zero-order valence-corrected chi connectivity index (χ0v) is 13.7. The fraction of sp³-hybridized carbons (Fsp3) is 0.471. The number of nitrogens with zero attached hydrogens (tertiary/aromatic N) is 1. The molecule has 1 fully saturated rings. The van der Waals surface area contributed by atoms with Gasteiger partial charge < -0.3 is 20.1 Å². The number of likely N-dealkylation sites (tertiary alicyclic amines) is 1. The van der Waals surface area contributed by atoms with Crippen LogP contribution in [0.5, 0.6) is 5.75 Å². The molecule has 0 unspecified atom stereocenters. The van der Waals surface area contributed by atoms with Crippen molar-refractivity contribution in [2.75, 3.05) is 19.7 Å². The van der Waals surface area contributed by atoms with Crippen LogP contribution in [0, 0.1) is 5.82 Å². The second kappa shape index (κ2) is 9.00. The third-order valence-electron chi connectivity index (χ3n) is 3.93. The fourth-order valence-corrected chi connectivity index (χ4v) is 2.64. The van der Waals surface area contributed by atoms with E-state index < -0.39 is 12.0 Å². The van der Waals surface area contributed by atoms with Crippen LogP contribution < -0.4 is 10.1 Å². The van der Waals surface area contributed by atoms with E-state index in [0.717, 1.165) is 0 Å². The molecule has 0 aromatic heterocycles. The standard InChI is InChI=1S/C17H21FN2O5/c18-12-5-7-13(8-6-12)25-10-2-4-15(21)19-11-16(22)20-9-1-3-14(20)17(23)24/h5-8,14H,1-4,9-11H2,(H,19,21)(H,23,24)/t14-/m0/s1. The highest BCUT2D eigenvalue weighted by atomic mass is 19.1. The highest BCUT2D eigenvalue weighted by Gasteiger charge is 2.33. The number of carbonyl (C=O) groups excluding carboxylic acids is 2. The minimum absolute atomic E-state index is 0.177. The molecule has 0 radical (unpaired) electrons. The molecule has 7 nitrogen and oxygen atoms in total. The van der Waals surface area contributed by atoms with Crippen molar-refractivity contribution in [3.05, 3.63) is 30.1 Å². The first kappa shape index (κ1) is 18.7. The Hall–Kier alpha value is -2.64. The molecule has 2 amide bonds. The van der Waals surface area contributed by atoms with Gasteiger partial charge in [-0.1, -0.05) is 0 Å². The lowest BCUT2D eigenvalue weighted by Gasteiger charge is -2.21. The van der Waals surface area contributed by atoms with E-state index in [1.165, 1.54) is 29.2 Å².